The molecule has 0 spiro atoms. The van der Waals surface area contributed by atoms with E-state index in [0.717, 1.165) is 37.7 Å². The van der Waals surface area contributed by atoms with E-state index in [4.69, 9.17) is 11.6 Å². The molecule has 2 rings (SSSR count). The van der Waals surface area contributed by atoms with E-state index in [-0.39, 0.29) is 0 Å². The molecule has 0 radical (unpaired) electrons. The number of rotatable bonds is 2. The first kappa shape index (κ1) is 12.7. The molecule has 1 saturated heterocycles. The van der Waals surface area contributed by atoms with Gasteiger partial charge in [0.15, 0.2) is 0 Å². The molecule has 1 aliphatic heterocycles. The second-order valence-electron chi connectivity index (χ2n) is 4.81. The van der Waals surface area contributed by atoms with Gasteiger partial charge in [0.05, 0.1) is 6.54 Å². The van der Waals surface area contributed by atoms with Crippen molar-refractivity contribution in [3.63, 3.8) is 0 Å². The second kappa shape index (κ2) is 5.29. The summed E-state index contributed by atoms with van der Waals surface area (Å²) in [7, 11) is 2.17. The van der Waals surface area contributed by atoms with Gasteiger partial charge in [0.1, 0.15) is 11.0 Å². The SMILES string of the molecule is Cc1cc(Cl)nc(CN2CCN(C)C(C)C2)n1. The van der Waals surface area contributed by atoms with Gasteiger partial charge in [0.2, 0.25) is 0 Å². The number of hydrogen-bond donors (Lipinski definition) is 0. The predicted molar refractivity (Wildman–Crippen MR) is 69.1 cm³/mol. The van der Waals surface area contributed by atoms with Crippen LogP contribution in [0.3, 0.4) is 0 Å². The van der Waals surface area contributed by atoms with Crippen molar-refractivity contribution < 1.29 is 0 Å². The Labute approximate surface area is 108 Å². The van der Waals surface area contributed by atoms with Crippen molar-refractivity contribution in [1.29, 1.82) is 0 Å². The molecule has 0 aromatic carbocycles. The van der Waals surface area contributed by atoms with Crippen LogP contribution in [0.25, 0.3) is 0 Å². The van der Waals surface area contributed by atoms with Crippen LogP contribution in [0.4, 0.5) is 0 Å². The number of aryl methyl sites for hydroxylation is 1. The van der Waals surface area contributed by atoms with Gasteiger partial charge in [-0.05, 0) is 27.0 Å². The highest BCUT2D eigenvalue weighted by Gasteiger charge is 2.21. The van der Waals surface area contributed by atoms with Gasteiger partial charge in [-0.15, -0.1) is 0 Å². The molecule has 1 aliphatic rings. The van der Waals surface area contributed by atoms with Crippen LogP contribution in [0, 0.1) is 6.92 Å². The topological polar surface area (TPSA) is 32.3 Å². The maximum Gasteiger partial charge on any atom is 0.144 e. The minimum absolute atomic E-state index is 0.537. The summed E-state index contributed by atoms with van der Waals surface area (Å²) in [5, 5.41) is 0.537. The summed E-state index contributed by atoms with van der Waals surface area (Å²) in [4.78, 5) is 13.5. The summed E-state index contributed by atoms with van der Waals surface area (Å²) in [5.41, 5.74) is 0.933. The molecule has 0 amide bonds. The fraction of sp³-hybridized carbons (Fsp3) is 0.667. The standard InChI is InChI=1S/C12H19ClN4/c1-9-6-11(13)15-12(14-9)8-17-5-4-16(3)10(2)7-17/h6,10H,4-5,7-8H2,1-3H3. The summed E-state index contributed by atoms with van der Waals surface area (Å²) in [6, 6.07) is 2.38. The molecule has 4 nitrogen and oxygen atoms in total. The van der Waals surface area contributed by atoms with Gasteiger partial charge in [-0.3, -0.25) is 4.90 Å². The molecule has 0 saturated carbocycles. The van der Waals surface area contributed by atoms with Gasteiger partial charge in [-0.25, -0.2) is 9.97 Å². The zero-order chi connectivity index (χ0) is 12.4. The number of nitrogens with zero attached hydrogens (tertiary/aromatic N) is 4. The van der Waals surface area contributed by atoms with E-state index in [1.54, 1.807) is 6.07 Å². The van der Waals surface area contributed by atoms with Gasteiger partial charge in [-0.1, -0.05) is 11.6 Å². The van der Waals surface area contributed by atoms with Crippen molar-refractivity contribution in [1.82, 2.24) is 19.8 Å². The maximum absolute atomic E-state index is 5.94. The van der Waals surface area contributed by atoms with E-state index in [9.17, 15) is 0 Å². The summed E-state index contributed by atoms with van der Waals surface area (Å²) in [6.45, 7) is 8.21. The Morgan fingerprint density at radius 2 is 2.18 bits per heavy atom. The van der Waals surface area contributed by atoms with Crippen LogP contribution in [0.1, 0.15) is 18.4 Å². The molecule has 1 unspecified atom stereocenters. The van der Waals surface area contributed by atoms with Crippen LogP contribution in [-0.2, 0) is 6.54 Å². The summed E-state index contributed by atoms with van der Waals surface area (Å²) >= 11 is 5.94. The maximum atomic E-state index is 5.94. The number of piperazine rings is 1. The number of halogens is 1. The average Bonchev–Trinajstić information content (AvgIpc) is 2.22. The predicted octanol–water partition coefficient (Wildman–Crippen LogP) is 1.57. The monoisotopic (exact) mass is 254 g/mol. The van der Waals surface area contributed by atoms with Crippen LogP contribution >= 0.6 is 11.6 Å². The van der Waals surface area contributed by atoms with E-state index >= 15 is 0 Å². The van der Waals surface area contributed by atoms with Crippen molar-refractivity contribution in [3.05, 3.63) is 22.7 Å². The van der Waals surface area contributed by atoms with E-state index in [1.807, 2.05) is 6.92 Å². The molecule has 17 heavy (non-hydrogen) atoms. The Hall–Kier alpha value is -0.710. The van der Waals surface area contributed by atoms with Crippen molar-refractivity contribution in [3.8, 4) is 0 Å². The van der Waals surface area contributed by atoms with Crippen molar-refractivity contribution in [2.75, 3.05) is 26.7 Å². The summed E-state index contributed by atoms with van der Waals surface area (Å²) in [6.07, 6.45) is 0. The van der Waals surface area contributed by atoms with Crippen LogP contribution in [0.5, 0.6) is 0 Å². The highest BCUT2D eigenvalue weighted by Crippen LogP contribution is 2.12. The minimum Gasteiger partial charge on any atom is -0.301 e. The van der Waals surface area contributed by atoms with Gasteiger partial charge in [-0.2, -0.15) is 0 Å². The molecule has 1 fully saturated rings. The molecule has 0 bridgehead atoms. The van der Waals surface area contributed by atoms with Gasteiger partial charge >= 0.3 is 0 Å². The lowest BCUT2D eigenvalue weighted by Gasteiger charge is -2.37. The lowest BCUT2D eigenvalue weighted by atomic mass is 10.2. The first-order chi connectivity index (χ1) is 8.04. The lowest BCUT2D eigenvalue weighted by molar-refractivity contribution is 0.0980. The third-order valence-electron chi connectivity index (χ3n) is 3.28. The molecule has 2 heterocycles. The fourth-order valence-electron chi connectivity index (χ4n) is 2.13. The first-order valence-corrected chi connectivity index (χ1v) is 6.35. The van der Waals surface area contributed by atoms with Gasteiger partial charge < -0.3 is 4.90 Å². The van der Waals surface area contributed by atoms with Crippen LogP contribution < -0.4 is 0 Å². The Bertz CT molecular complexity index is 376. The smallest absolute Gasteiger partial charge is 0.144 e. The van der Waals surface area contributed by atoms with Crippen LogP contribution in [-0.4, -0.2) is 52.5 Å². The molecule has 0 aliphatic carbocycles. The molecule has 5 heteroatoms. The highest BCUT2D eigenvalue weighted by atomic mass is 35.5. The Balaban J connectivity index is 2.01. The van der Waals surface area contributed by atoms with Crippen LogP contribution in [0.15, 0.2) is 6.07 Å². The van der Waals surface area contributed by atoms with E-state index in [1.165, 1.54) is 0 Å². The number of aromatic nitrogens is 2. The van der Waals surface area contributed by atoms with E-state index < -0.39 is 0 Å². The van der Waals surface area contributed by atoms with Crippen molar-refractivity contribution in [2.45, 2.75) is 26.4 Å². The van der Waals surface area contributed by atoms with Crippen molar-refractivity contribution in [2.24, 2.45) is 0 Å². The van der Waals surface area contributed by atoms with E-state index in [0.29, 0.717) is 11.2 Å². The van der Waals surface area contributed by atoms with Gasteiger partial charge in [0, 0.05) is 31.4 Å². The minimum atomic E-state index is 0.537. The zero-order valence-electron chi connectivity index (χ0n) is 10.6. The Morgan fingerprint density at radius 3 is 2.82 bits per heavy atom. The largest absolute Gasteiger partial charge is 0.301 e. The molecular weight excluding hydrogens is 236 g/mol. The molecule has 1 aromatic heterocycles. The fourth-order valence-corrected chi connectivity index (χ4v) is 2.38. The summed E-state index contributed by atoms with van der Waals surface area (Å²) in [5.74, 6) is 0.826. The number of hydrogen-bond acceptors (Lipinski definition) is 4. The third-order valence-corrected chi connectivity index (χ3v) is 3.47. The van der Waals surface area contributed by atoms with E-state index in [2.05, 4.69) is 33.7 Å². The molecule has 1 aromatic rings. The number of likely N-dealkylation sites (N-methyl/N-ethyl adjacent to an activating group) is 1. The average molecular weight is 255 g/mol. The lowest BCUT2D eigenvalue weighted by Crippen LogP contribution is -2.49. The third kappa shape index (κ3) is 3.37. The normalized spacial score (nSPS) is 22.9. The van der Waals surface area contributed by atoms with Crippen molar-refractivity contribution >= 4 is 11.6 Å². The van der Waals surface area contributed by atoms with Gasteiger partial charge in [0.25, 0.3) is 0 Å². The van der Waals surface area contributed by atoms with Crippen LogP contribution in [0.2, 0.25) is 5.15 Å². The highest BCUT2D eigenvalue weighted by molar-refractivity contribution is 6.29. The quantitative estimate of drug-likeness (QED) is 0.750. The molecule has 0 N–H and O–H groups in total. The molecule has 1 atom stereocenters. The molecule has 94 valence electrons. The Morgan fingerprint density at radius 1 is 1.41 bits per heavy atom. The molecular formula is C12H19ClN4. The second-order valence-corrected chi connectivity index (χ2v) is 5.20. The zero-order valence-corrected chi connectivity index (χ0v) is 11.4. The Kier molecular flexibility index (Phi) is 3.97. The first-order valence-electron chi connectivity index (χ1n) is 5.97. The summed E-state index contributed by atoms with van der Waals surface area (Å²) < 4.78 is 0.